The summed E-state index contributed by atoms with van der Waals surface area (Å²) in [4.78, 5) is 0. The SMILES string of the molecule is CC(C)(O)CCOc1ccc2c(c1)OCC2N. The molecule has 0 amide bonds. The second-order valence-corrected chi connectivity index (χ2v) is 5.03. The van der Waals surface area contributed by atoms with Crippen LogP contribution in [0.15, 0.2) is 18.2 Å². The van der Waals surface area contributed by atoms with Gasteiger partial charge in [0.15, 0.2) is 0 Å². The van der Waals surface area contributed by atoms with Gasteiger partial charge in [-0.25, -0.2) is 0 Å². The van der Waals surface area contributed by atoms with Gasteiger partial charge in [0.05, 0.1) is 18.2 Å². The van der Waals surface area contributed by atoms with Crippen LogP contribution in [0.5, 0.6) is 11.5 Å². The third-order valence-electron chi connectivity index (χ3n) is 2.79. The third kappa shape index (κ3) is 3.11. The number of fused-ring (bicyclic) bond motifs is 1. The summed E-state index contributed by atoms with van der Waals surface area (Å²) in [6, 6.07) is 5.65. The maximum absolute atomic E-state index is 9.56. The van der Waals surface area contributed by atoms with Crippen LogP contribution in [0.25, 0.3) is 0 Å². The quantitative estimate of drug-likeness (QED) is 0.835. The minimum Gasteiger partial charge on any atom is -0.493 e. The molecule has 1 atom stereocenters. The number of benzene rings is 1. The Morgan fingerprint density at radius 2 is 2.29 bits per heavy atom. The molecular weight excluding hydrogens is 218 g/mol. The van der Waals surface area contributed by atoms with Gasteiger partial charge in [-0.15, -0.1) is 0 Å². The Morgan fingerprint density at radius 1 is 1.53 bits per heavy atom. The van der Waals surface area contributed by atoms with E-state index in [0.717, 1.165) is 17.1 Å². The Morgan fingerprint density at radius 3 is 3.00 bits per heavy atom. The molecule has 3 N–H and O–H groups in total. The topological polar surface area (TPSA) is 64.7 Å². The van der Waals surface area contributed by atoms with Crippen LogP contribution >= 0.6 is 0 Å². The molecule has 1 aromatic carbocycles. The highest BCUT2D eigenvalue weighted by atomic mass is 16.5. The van der Waals surface area contributed by atoms with Gasteiger partial charge in [0, 0.05) is 18.1 Å². The van der Waals surface area contributed by atoms with Gasteiger partial charge in [-0.1, -0.05) is 0 Å². The van der Waals surface area contributed by atoms with E-state index in [9.17, 15) is 5.11 Å². The Balaban J connectivity index is 1.95. The van der Waals surface area contributed by atoms with E-state index in [0.29, 0.717) is 19.6 Å². The molecule has 0 saturated carbocycles. The van der Waals surface area contributed by atoms with Gasteiger partial charge < -0.3 is 20.3 Å². The summed E-state index contributed by atoms with van der Waals surface area (Å²) in [7, 11) is 0. The first-order valence-corrected chi connectivity index (χ1v) is 5.83. The Kier molecular flexibility index (Phi) is 3.26. The van der Waals surface area contributed by atoms with Crippen molar-refractivity contribution >= 4 is 0 Å². The molecule has 17 heavy (non-hydrogen) atoms. The minimum atomic E-state index is -0.699. The molecule has 1 aromatic rings. The van der Waals surface area contributed by atoms with Crippen LogP contribution in [0.2, 0.25) is 0 Å². The number of aliphatic hydroxyl groups is 1. The van der Waals surface area contributed by atoms with Crippen LogP contribution in [-0.2, 0) is 0 Å². The standard InChI is InChI=1S/C13H19NO3/c1-13(2,15)5-6-16-9-3-4-10-11(14)8-17-12(10)7-9/h3-4,7,11,15H,5-6,8,14H2,1-2H3. The largest absolute Gasteiger partial charge is 0.493 e. The van der Waals surface area contributed by atoms with E-state index in [4.69, 9.17) is 15.2 Å². The van der Waals surface area contributed by atoms with Crippen molar-refractivity contribution in [3.63, 3.8) is 0 Å². The van der Waals surface area contributed by atoms with Crippen LogP contribution in [0.1, 0.15) is 31.9 Å². The van der Waals surface area contributed by atoms with Gasteiger partial charge in [-0.2, -0.15) is 0 Å². The maximum atomic E-state index is 9.56. The van der Waals surface area contributed by atoms with Gasteiger partial charge in [-0.3, -0.25) is 0 Å². The Hall–Kier alpha value is -1.26. The molecule has 1 heterocycles. The van der Waals surface area contributed by atoms with Crippen molar-refractivity contribution in [1.82, 2.24) is 0 Å². The summed E-state index contributed by atoms with van der Waals surface area (Å²) in [6.45, 7) is 4.54. The normalized spacial score (nSPS) is 18.7. The van der Waals surface area contributed by atoms with Crippen LogP contribution in [0.4, 0.5) is 0 Å². The van der Waals surface area contributed by atoms with E-state index in [1.54, 1.807) is 13.8 Å². The predicted octanol–water partition coefficient (Wildman–Crippen LogP) is 1.62. The van der Waals surface area contributed by atoms with E-state index >= 15 is 0 Å². The highest BCUT2D eigenvalue weighted by Crippen LogP contribution is 2.33. The van der Waals surface area contributed by atoms with E-state index in [-0.39, 0.29) is 6.04 Å². The molecule has 1 aliphatic rings. The molecule has 0 spiro atoms. The maximum Gasteiger partial charge on any atom is 0.127 e. The molecule has 1 aliphatic heterocycles. The second kappa shape index (κ2) is 4.55. The van der Waals surface area contributed by atoms with Crippen molar-refractivity contribution in [3.05, 3.63) is 23.8 Å². The summed E-state index contributed by atoms with van der Waals surface area (Å²) < 4.78 is 11.0. The fourth-order valence-corrected chi connectivity index (χ4v) is 1.72. The number of hydrogen-bond donors (Lipinski definition) is 2. The first-order valence-electron chi connectivity index (χ1n) is 5.83. The van der Waals surface area contributed by atoms with Crippen molar-refractivity contribution in [3.8, 4) is 11.5 Å². The van der Waals surface area contributed by atoms with Crippen LogP contribution in [-0.4, -0.2) is 23.9 Å². The molecule has 0 saturated heterocycles. The lowest BCUT2D eigenvalue weighted by molar-refractivity contribution is 0.0553. The van der Waals surface area contributed by atoms with E-state index in [1.165, 1.54) is 0 Å². The van der Waals surface area contributed by atoms with Crippen molar-refractivity contribution < 1.29 is 14.6 Å². The fraction of sp³-hybridized carbons (Fsp3) is 0.538. The summed E-state index contributed by atoms with van der Waals surface area (Å²) >= 11 is 0. The van der Waals surface area contributed by atoms with E-state index in [2.05, 4.69) is 0 Å². The first-order chi connectivity index (χ1) is 7.96. The van der Waals surface area contributed by atoms with Crippen molar-refractivity contribution in [2.24, 2.45) is 5.73 Å². The zero-order chi connectivity index (χ0) is 12.5. The summed E-state index contributed by atoms with van der Waals surface area (Å²) in [5.74, 6) is 1.56. The third-order valence-corrected chi connectivity index (χ3v) is 2.79. The average Bonchev–Trinajstić information content (AvgIpc) is 2.58. The van der Waals surface area contributed by atoms with Gasteiger partial charge >= 0.3 is 0 Å². The summed E-state index contributed by atoms with van der Waals surface area (Å²) in [5.41, 5.74) is 6.18. The minimum absolute atomic E-state index is 0.0320. The summed E-state index contributed by atoms with van der Waals surface area (Å²) in [6.07, 6.45) is 0.588. The molecule has 4 heteroatoms. The molecule has 0 aliphatic carbocycles. The lowest BCUT2D eigenvalue weighted by atomic mass is 10.1. The van der Waals surface area contributed by atoms with Crippen LogP contribution in [0, 0.1) is 0 Å². The zero-order valence-electron chi connectivity index (χ0n) is 10.3. The molecule has 0 fully saturated rings. The number of rotatable bonds is 4. The average molecular weight is 237 g/mol. The lowest BCUT2D eigenvalue weighted by Gasteiger charge is -2.17. The molecule has 4 nitrogen and oxygen atoms in total. The van der Waals surface area contributed by atoms with Crippen LogP contribution in [0.3, 0.4) is 0 Å². The zero-order valence-corrected chi connectivity index (χ0v) is 10.3. The molecule has 0 radical (unpaired) electrons. The smallest absolute Gasteiger partial charge is 0.127 e. The number of hydrogen-bond acceptors (Lipinski definition) is 4. The second-order valence-electron chi connectivity index (χ2n) is 5.03. The fourth-order valence-electron chi connectivity index (χ4n) is 1.72. The molecule has 2 rings (SSSR count). The van der Waals surface area contributed by atoms with E-state index in [1.807, 2.05) is 18.2 Å². The first kappa shape index (κ1) is 12.2. The van der Waals surface area contributed by atoms with Gasteiger partial charge in [0.2, 0.25) is 0 Å². The van der Waals surface area contributed by atoms with Gasteiger partial charge in [-0.05, 0) is 26.0 Å². The van der Waals surface area contributed by atoms with Gasteiger partial charge in [0.25, 0.3) is 0 Å². The molecule has 0 aromatic heterocycles. The van der Waals surface area contributed by atoms with Crippen LogP contribution < -0.4 is 15.2 Å². The number of nitrogens with two attached hydrogens (primary N) is 1. The predicted molar refractivity (Wildman–Crippen MR) is 65.3 cm³/mol. The summed E-state index contributed by atoms with van der Waals surface area (Å²) in [5, 5.41) is 9.56. The van der Waals surface area contributed by atoms with Gasteiger partial charge in [0.1, 0.15) is 18.1 Å². The molecule has 1 unspecified atom stereocenters. The monoisotopic (exact) mass is 237 g/mol. The molecule has 94 valence electrons. The Bertz CT molecular complexity index is 398. The van der Waals surface area contributed by atoms with Crippen molar-refractivity contribution in [2.75, 3.05) is 13.2 Å². The highest BCUT2D eigenvalue weighted by molar-refractivity contribution is 5.44. The number of ether oxygens (including phenoxy) is 2. The molecular formula is C13H19NO3. The Labute approximate surface area is 101 Å². The molecule has 0 bridgehead atoms. The highest BCUT2D eigenvalue weighted by Gasteiger charge is 2.21. The van der Waals surface area contributed by atoms with E-state index < -0.39 is 5.60 Å². The van der Waals surface area contributed by atoms with Crippen molar-refractivity contribution in [1.29, 1.82) is 0 Å². The lowest BCUT2D eigenvalue weighted by Crippen LogP contribution is -2.21. The van der Waals surface area contributed by atoms with Crippen molar-refractivity contribution in [2.45, 2.75) is 31.9 Å².